The first-order valence-electron chi connectivity index (χ1n) is 7.17. The van der Waals surface area contributed by atoms with Gasteiger partial charge in [-0.05, 0) is 48.5 Å². The molecule has 3 rings (SSSR count). The summed E-state index contributed by atoms with van der Waals surface area (Å²) in [6, 6.07) is 12.4. The van der Waals surface area contributed by atoms with Gasteiger partial charge in [-0.15, -0.1) is 0 Å². The van der Waals surface area contributed by atoms with Crippen LogP contribution in [0.5, 0.6) is 0 Å². The van der Waals surface area contributed by atoms with Crippen LogP contribution in [0.4, 0.5) is 18.9 Å². The Morgan fingerprint density at radius 1 is 1.04 bits per heavy atom. The monoisotopic (exact) mass is 401 g/mol. The van der Waals surface area contributed by atoms with Gasteiger partial charge in [0.05, 0.1) is 10.6 Å². The molecule has 0 saturated heterocycles. The average molecular weight is 402 g/mol. The van der Waals surface area contributed by atoms with Crippen LogP contribution in [-0.2, 0) is 16.2 Å². The zero-order chi connectivity index (χ0) is 18.9. The van der Waals surface area contributed by atoms with Gasteiger partial charge in [0.15, 0.2) is 5.69 Å². The first-order valence-corrected chi connectivity index (χ1v) is 9.03. The summed E-state index contributed by atoms with van der Waals surface area (Å²) >= 11 is 5.79. The molecular weight excluding hydrogens is 391 g/mol. The summed E-state index contributed by atoms with van der Waals surface area (Å²) in [5, 5.41) is 3.73. The van der Waals surface area contributed by atoms with Crippen molar-refractivity contribution >= 4 is 27.3 Å². The number of rotatable bonds is 4. The minimum Gasteiger partial charge on any atom is -0.280 e. The van der Waals surface area contributed by atoms with E-state index in [4.69, 9.17) is 11.6 Å². The van der Waals surface area contributed by atoms with Crippen molar-refractivity contribution in [2.45, 2.75) is 11.1 Å². The number of benzene rings is 2. The van der Waals surface area contributed by atoms with Crippen molar-refractivity contribution in [3.05, 3.63) is 71.5 Å². The second kappa shape index (κ2) is 6.65. The van der Waals surface area contributed by atoms with Crippen LogP contribution < -0.4 is 4.72 Å². The number of nitrogens with zero attached hydrogens (tertiary/aromatic N) is 2. The van der Waals surface area contributed by atoms with Gasteiger partial charge in [-0.3, -0.25) is 4.72 Å². The van der Waals surface area contributed by atoms with Gasteiger partial charge in [0.1, 0.15) is 0 Å². The lowest BCUT2D eigenvalue weighted by atomic mass is 10.3. The van der Waals surface area contributed by atoms with E-state index >= 15 is 0 Å². The van der Waals surface area contributed by atoms with E-state index in [-0.39, 0.29) is 15.6 Å². The molecule has 0 radical (unpaired) electrons. The molecular formula is C16H11ClF3N3O2S. The van der Waals surface area contributed by atoms with E-state index in [0.717, 1.165) is 10.7 Å². The molecule has 1 heterocycles. The largest absolute Gasteiger partial charge is 0.435 e. The summed E-state index contributed by atoms with van der Waals surface area (Å²) in [6.45, 7) is 0. The second-order valence-corrected chi connectivity index (χ2v) is 7.37. The number of halogens is 4. The minimum absolute atomic E-state index is 0.00373. The second-order valence-electron chi connectivity index (χ2n) is 5.25. The van der Waals surface area contributed by atoms with E-state index in [1.807, 2.05) is 0 Å². The lowest BCUT2D eigenvalue weighted by Crippen LogP contribution is -2.13. The Kier molecular flexibility index (Phi) is 4.68. The SMILES string of the molecule is O=S(=O)(Nc1ccc(-n2ccc(C(F)(F)F)n2)cc1)c1cccc(Cl)c1. The quantitative estimate of drug-likeness (QED) is 0.707. The highest BCUT2D eigenvalue weighted by atomic mass is 35.5. The van der Waals surface area contributed by atoms with Crippen molar-refractivity contribution in [2.75, 3.05) is 4.72 Å². The van der Waals surface area contributed by atoms with Gasteiger partial charge in [0, 0.05) is 16.9 Å². The van der Waals surface area contributed by atoms with E-state index < -0.39 is 21.9 Å². The zero-order valence-electron chi connectivity index (χ0n) is 12.9. The van der Waals surface area contributed by atoms with Crippen molar-refractivity contribution in [1.82, 2.24) is 9.78 Å². The number of aromatic nitrogens is 2. The summed E-state index contributed by atoms with van der Waals surface area (Å²) in [5.41, 5.74) is -0.411. The molecule has 0 bridgehead atoms. The predicted octanol–water partition coefficient (Wildman–Crippen LogP) is 4.35. The standard InChI is InChI=1S/C16H11ClF3N3O2S/c17-11-2-1-3-14(10-11)26(24,25)22-12-4-6-13(7-5-12)23-9-8-15(21-23)16(18,19)20/h1-10,22H. The maximum atomic E-state index is 12.6. The summed E-state index contributed by atoms with van der Waals surface area (Å²) in [7, 11) is -3.83. The molecule has 0 aliphatic heterocycles. The van der Waals surface area contributed by atoms with Gasteiger partial charge in [-0.1, -0.05) is 17.7 Å². The average Bonchev–Trinajstić information content (AvgIpc) is 3.05. The van der Waals surface area contributed by atoms with E-state index in [2.05, 4.69) is 9.82 Å². The molecule has 0 saturated carbocycles. The molecule has 0 fully saturated rings. The van der Waals surface area contributed by atoms with Crippen LogP contribution in [-0.4, -0.2) is 18.2 Å². The topological polar surface area (TPSA) is 64.0 Å². The van der Waals surface area contributed by atoms with Crippen molar-refractivity contribution in [2.24, 2.45) is 0 Å². The fourth-order valence-electron chi connectivity index (χ4n) is 2.15. The van der Waals surface area contributed by atoms with Gasteiger partial charge < -0.3 is 0 Å². The van der Waals surface area contributed by atoms with Crippen LogP contribution in [0.15, 0.2) is 65.7 Å². The van der Waals surface area contributed by atoms with Crippen LogP contribution in [0.2, 0.25) is 5.02 Å². The normalized spacial score (nSPS) is 12.2. The van der Waals surface area contributed by atoms with Crippen molar-refractivity contribution in [3.63, 3.8) is 0 Å². The first-order chi connectivity index (χ1) is 12.1. The van der Waals surface area contributed by atoms with Crippen molar-refractivity contribution in [3.8, 4) is 5.69 Å². The minimum atomic E-state index is -4.53. The Labute approximate surface area is 152 Å². The van der Waals surface area contributed by atoms with E-state index in [1.54, 1.807) is 6.07 Å². The molecule has 2 aromatic carbocycles. The summed E-state index contributed by atoms with van der Waals surface area (Å²) < 4.78 is 65.8. The van der Waals surface area contributed by atoms with Crippen LogP contribution in [0, 0.1) is 0 Å². The van der Waals surface area contributed by atoms with Gasteiger partial charge >= 0.3 is 6.18 Å². The number of hydrogen-bond donors (Lipinski definition) is 1. The molecule has 136 valence electrons. The Morgan fingerprint density at radius 2 is 1.73 bits per heavy atom. The fraction of sp³-hybridized carbons (Fsp3) is 0.0625. The molecule has 0 spiro atoms. The van der Waals surface area contributed by atoms with Gasteiger partial charge in [0.2, 0.25) is 0 Å². The summed E-state index contributed by atoms with van der Waals surface area (Å²) in [4.78, 5) is -0.00373. The Hall–Kier alpha value is -2.52. The maximum Gasteiger partial charge on any atom is 0.435 e. The summed E-state index contributed by atoms with van der Waals surface area (Å²) in [6.07, 6.45) is -3.36. The van der Waals surface area contributed by atoms with E-state index in [9.17, 15) is 21.6 Å². The Morgan fingerprint density at radius 3 is 2.31 bits per heavy atom. The fourth-order valence-corrected chi connectivity index (χ4v) is 3.51. The van der Waals surface area contributed by atoms with Gasteiger partial charge in [-0.25, -0.2) is 13.1 Å². The van der Waals surface area contributed by atoms with Crippen LogP contribution >= 0.6 is 11.6 Å². The molecule has 0 aliphatic carbocycles. The number of alkyl halides is 3. The van der Waals surface area contributed by atoms with E-state index in [0.29, 0.717) is 5.69 Å². The molecule has 1 N–H and O–H groups in total. The van der Waals surface area contributed by atoms with Crippen molar-refractivity contribution < 1.29 is 21.6 Å². The Balaban J connectivity index is 1.81. The lowest BCUT2D eigenvalue weighted by Gasteiger charge is -2.09. The third-order valence-corrected chi connectivity index (χ3v) is 4.98. The molecule has 0 atom stereocenters. The van der Waals surface area contributed by atoms with Crippen LogP contribution in [0.3, 0.4) is 0 Å². The zero-order valence-corrected chi connectivity index (χ0v) is 14.5. The predicted molar refractivity (Wildman–Crippen MR) is 90.8 cm³/mol. The highest BCUT2D eigenvalue weighted by Gasteiger charge is 2.33. The highest BCUT2D eigenvalue weighted by Crippen LogP contribution is 2.28. The van der Waals surface area contributed by atoms with Crippen LogP contribution in [0.25, 0.3) is 5.69 Å². The van der Waals surface area contributed by atoms with Gasteiger partial charge in [0.25, 0.3) is 10.0 Å². The molecule has 3 aromatic rings. The molecule has 26 heavy (non-hydrogen) atoms. The first kappa shape index (κ1) is 18.3. The van der Waals surface area contributed by atoms with E-state index in [1.165, 1.54) is 48.7 Å². The Bertz CT molecular complexity index is 1030. The highest BCUT2D eigenvalue weighted by molar-refractivity contribution is 7.92. The maximum absolute atomic E-state index is 12.6. The molecule has 5 nitrogen and oxygen atoms in total. The summed E-state index contributed by atoms with van der Waals surface area (Å²) in [5.74, 6) is 0. The number of anilines is 1. The van der Waals surface area contributed by atoms with Crippen molar-refractivity contribution in [1.29, 1.82) is 0 Å². The molecule has 0 amide bonds. The van der Waals surface area contributed by atoms with Gasteiger partial charge in [-0.2, -0.15) is 18.3 Å². The number of sulfonamides is 1. The smallest absolute Gasteiger partial charge is 0.280 e. The number of nitrogens with one attached hydrogen (secondary N) is 1. The molecule has 0 unspecified atom stereocenters. The molecule has 10 heteroatoms. The molecule has 0 aliphatic rings. The number of hydrogen-bond acceptors (Lipinski definition) is 3. The molecule has 1 aromatic heterocycles. The van der Waals surface area contributed by atoms with Crippen LogP contribution in [0.1, 0.15) is 5.69 Å². The third kappa shape index (κ3) is 4.00. The third-order valence-electron chi connectivity index (χ3n) is 3.37. The lowest BCUT2D eigenvalue weighted by molar-refractivity contribution is -0.141.